The second kappa shape index (κ2) is 8.91. The summed E-state index contributed by atoms with van der Waals surface area (Å²) in [6.07, 6.45) is 2.68. The predicted molar refractivity (Wildman–Crippen MR) is 131 cm³/mol. The standard InChI is InChI=1S/C23H25N5O2S2/c1-6-16(20(29)25-23-27-26-17(7-2)32-23)28-11-24-21-19(22(28)30)18(14(5)31-21)15-9-8-12(3)13(4)10-15/h8-11,16H,6-7H2,1-5H3,(H,25,27,29). The molecule has 32 heavy (non-hydrogen) atoms. The van der Waals surface area contributed by atoms with Gasteiger partial charge in [0.1, 0.15) is 15.9 Å². The first kappa shape index (κ1) is 22.3. The maximum absolute atomic E-state index is 13.6. The molecule has 4 aromatic rings. The fraction of sp³-hybridized carbons (Fsp3) is 0.348. The fourth-order valence-corrected chi connectivity index (χ4v) is 5.41. The van der Waals surface area contributed by atoms with E-state index in [0.717, 1.165) is 27.4 Å². The van der Waals surface area contributed by atoms with Crippen LogP contribution in [0.1, 0.15) is 47.3 Å². The number of fused-ring (bicyclic) bond motifs is 1. The number of anilines is 1. The monoisotopic (exact) mass is 467 g/mol. The Bertz CT molecular complexity index is 1370. The van der Waals surface area contributed by atoms with Gasteiger partial charge < -0.3 is 0 Å². The molecule has 0 bridgehead atoms. The van der Waals surface area contributed by atoms with Crippen LogP contribution in [-0.4, -0.2) is 25.7 Å². The largest absolute Gasteiger partial charge is 0.299 e. The second-order valence-electron chi connectivity index (χ2n) is 7.74. The average Bonchev–Trinajstić information content (AvgIpc) is 3.36. The van der Waals surface area contributed by atoms with E-state index in [0.29, 0.717) is 21.8 Å². The predicted octanol–water partition coefficient (Wildman–Crippen LogP) is 5.05. The molecule has 3 aromatic heterocycles. The normalized spacial score (nSPS) is 12.3. The maximum Gasteiger partial charge on any atom is 0.263 e. The number of thiophene rings is 1. The molecule has 4 rings (SSSR count). The van der Waals surface area contributed by atoms with Crippen LogP contribution < -0.4 is 10.9 Å². The Kier molecular flexibility index (Phi) is 6.21. The zero-order chi connectivity index (χ0) is 23.0. The van der Waals surface area contributed by atoms with E-state index >= 15 is 0 Å². The first-order valence-corrected chi connectivity index (χ1v) is 12.2. The minimum absolute atomic E-state index is 0.207. The number of aromatic nitrogens is 4. The summed E-state index contributed by atoms with van der Waals surface area (Å²) in [5.74, 6) is -0.297. The van der Waals surface area contributed by atoms with Crippen LogP contribution in [0.15, 0.2) is 29.3 Å². The smallest absolute Gasteiger partial charge is 0.263 e. The molecule has 9 heteroatoms. The third-order valence-corrected chi connectivity index (χ3v) is 7.63. The summed E-state index contributed by atoms with van der Waals surface area (Å²) in [6.45, 7) is 10.00. The molecule has 0 fully saturated rings. The Labute approximate surface area is 194 Å². The van der Waals surface area contributed by atoms with Crippen LogP contribution in [0.5, 0.6) is 0 Å². The molecule has 0 radical (unpaired) electrons. The van der Waals surface area contributed by atoms with Crippen molar-refractivity contribution in [3.05, 3.63) is 55.9 Å². The average molecular weight is 468 g/mol. The molecule has 1 unspecified atom stereocenters. The number of nitrogens with zero attached hydrogens (tertiary/aromatic N) is 4. The lowest BCUT2D eigenvalue weighted by Crippen LogP contribution is -2.33. The van der Waals surface area contributed by atoms with E-state index in [1.165, 1.54) is 44.7 Å². The molecular formula is C23H25N5O2S2. The molecule has 0 spiro atoms. The lowest BCUT2D eigenvalue weighted by molar-refractivity contribution is -0.119. The second-order valence-corrected chi connectivity index (χ2v) is 10.0. The molecule has 0 saturated carbocycles. The lowest BCUT2D eigenvalue weighted by Gasteiger charge is -2.16. The van der Waals surface area contributed by atoms with Crippen LogP contribution >= 0.6 is 22.7 Å². The number of rotatable bonds is 6. The first-order chi connectivity index (χ1) is 15.3. The molecule has 0 saturated heterocycles. The summed E-state index contributed by atoms with van der Waals surface area (Å²) in [4.78, 5) is 32.9. The van der Waals surface area contributed by atoms with E-state index in [1.54, 1.807) is 0 Å². The molecule has 3 heterocycles. The molecule has 0 aliphatic rings. The number of hydrogen-bond donors (Lipinski definition) is 1. The van der Waals surface area contributed by atoms with Gasteiger partial charge in [-0.2, -0.15) is 0 Å². The van der Waals surface area contributed by atoms with Gasteiger partial charge in [-0.05, 0) is 50.3 Å². The Morgan fingerprint density at radius 3 is 2.56 bits per heavy atom. The fourth-order valence-electron chi connectivity index (χ4n) is 3.73. The number of nitrogens with one attached hydrogen (secondary N) is 1. The zero-order valence-electron chi connectivity index (χ0n) is 18.7. The summed E-state index contributed by atoms with van der Waals surface area (Å²) >= 11 is 2.84. The van der Waals surface area contributed by atoms with Crippen molar-refractivity contribution < 1.29 is 4.79 Å². The van der Waals surface area contributed by atoms with E-state index in [2.05, 4.69) is 46.5 Å². The quantitative estimate of drug-likeness (QED) is 0.428. The van der Waals surface area contributed by atoms with Crippen LogP contribution in [0.4, 0.5) is 5.13 Å². The van der Waals surface area contributed by atoms with Crippen LogP contribution in [-0.2, 0) is 11.2 Å². The van der Waals surface area contributed by atoms with Crippen LogP contribution in [0.2, 0.25) is 0 Å². The minimum atomic E-state index is -0.693. The summed E-state index contributed by atoms with van der Waals surface area (Å²) in [5.41, 5.74) is 4.05. The van der Waals surface area contributed by atoms with Crippen molar-refractivity contribution in [2.75, 3.05) is 5.32 Å². The van der Waals surface area contributed by atoms with E-state index < -0.39 is 6.04 Å². The SMILES string of the molecule is CCc1nnc(NC(=O)C(CC)n2cnc3sc(C)c(-c4ccc(C)c(C)c4)c3c2=O)s1. The van der Waals surface area contributed by atoms with Gasteiger partial charge in [0, 0.05) is 10.4 Å². The molecule has 1 aromatic carbocycles. The van der Waals surface area contributed by atoms with Crippen molar-refractivity contribution in [3.8, 4) is 11.1 Å². The molecule has 1 atom stereocenters. The third kappa shape index (κ3) is 3.98. The summed E-state index contributed by atoms with van der Waals surface area (Å²) in [7, 11) is 0. The topological polar surface area (TPSA) is 89.8 Å². The maximum atomic E-state index is 13.6. The van der Waals surface area contributed by atoms with Crippen molar-refractivity contribution in [2.45, 2.75) is 53.5 Å². The summed E-state index contributed by atoms with van der Waals surface area (Å²) in [5, 5.41) is 12.7. The third-order valence-electron chi connectivity index (χ3n) is 5.63. The van der Waals surface area contributed by atoms with E-state index in [4.69, 9.17) is 0 Å². The van der Waals surface area contributed by atoms with Gasteiger partial charge in [-0.3, -0.25) is 19.5 Å². The highest BCUT2D eigenvalue weighted by Crippen LogP contribution is 2.36. The molecule has 166 valence electrons. The van der Waals surface area contributed by atoms with Crippen molar-refractivity contribution in [1.82, 2.24) is 19.7 Å². The van der Waals surface area contributed by atoms with Gasteiger partial charge in [-0.25, -0.2) is 4.98 Å². The number of carbonyl (C=O) groups excluding carboxylic acids is 1. The number of benzene rings is 1. The van der Waals surface area contributed by atoms with Gasteiger partial charge in [0.2, 0.25) is 11.0 Å². The van der Waals surface area contributed by atoms with Crippen LogP contribution in [0.25, 0.3) is 21.3 Å². The Hall–Kier alpha value is -2.91. The highest BCUT2D eigenvalue weighted by molar-refractivity contribution is 7.19. The Balaban J connectivity index is 1.78. The summed E-state index contributed by atoms with van der Waals surface area (Å²) < 4.78 is 1.44. The number of aryl methyl sites for hydroxylation is 4. The van der Waals surface area contributed by atoms with E-state index in [-0.39, 0.29) is 11.5 Å². The lowest BCUT2D eigenvalue weighted by atomic mass is 9.99. The van der Waals surface area contributed by atoms with E-state index in [1.807, 2.05) is 26.8 Å². The van der Waals surface area contributed by atoms with Gasteiger partial charge >= 0.3 is 0 Å². The van der Waals surface area contributed by atoms with Crippen molar-refractivity contribution >= 4 is 43.9 Å². The van der Waals surface area contributed by atoms with Gasteiger partial charge in [0.15, 0.2) is 0 Å². The first-order valence-electron chi connectivity index (χ1n) is 10.5. The van der Waals surface area contributed by atoms with Crippen LogP contribution in [0, 0.1) is 20.8 Å². The zero-order valence-corrected chi connectivity index (χ0v) is 20.4. The molecule has 0 aliphatic heterocycles. The molecule has 0 aliphatic carbocycles. The number of hydrogen-bond acceptors (Lipinski definition) is 7. The van der Waals surface area contributed by atoms with Crippen molar-refractivity contribution in [3.63, 3.8) is 0 Å². The highest BCUT2D eigenvalue weighted by Gasteiger charge is 2.24. The van der Waals surface area contributed by atoms with Gasteiger partial charge in [0.25, 0.3) is 5.56 Å². The summed E-state index contributed by atoms with van der Waals surface area (Å²) in [6, 6.07) is 5.52. The van der Waals surface area contributed by atoms with Gasteiger partial charge in [0.05, 0.1) is 11.7 Å². The van der Waals surface area contributed by atoms with E-state index in [9.17, 15) is 9.59 Å². The highest BCUT2D eigenvalue weighted by atomic mass is 32.1. The van der Waals surface area contributed by atoms with Gasteiger partial charge in [-0.15, -0.1) is 21.5 Å². The Morgan fingerprint density at radius 1 is 1.12 bits per heavy atom. The van der Waals surface area contributed by atoms with Gasteiger partial charge in [-0.1, -0.05) is 43.4 Å². The van der Waals surface area contributed by atoms with Crippen molar-refractivity contribution in [2.24, 2.45) is 0 Å². The molecule has 7 nitrogen and oxygen atoms in total. The molecule has 1 N–H and O–H groups in total. The molecule has 1 amide bonds. The van der Waals surface area contributed by atoms with Crippen molar-refractivity contribution in [1.29, 1.82) is 0 Å². The van der Waals surface area contributed by atoms with Crippen LogP contribution in [0.3, 0.4) is 0 Å². The number of amides is 1. The minimum Gasteiger partial charge on any atom is -0.299 e. The number of carbonyl (C=O) groups is 1. The molecular weight excluding hydrogens is 442 g/mol. The Morgan fingerprint density at radius 2 is 1.91 bits per heavy atom.